The van der Waals surface area contributed by atoms with Crippen molar-refractivity contribution in [3.63, 3.8) is 0 Å². The van der Waals surface area contributed by atoms with Crippen molar-refractivity contribution in [3.05, 3.63) is 53.3 Å². The van der Waals surface area contributed by atoms with E-state index in [0.29, 0.717) is 12.0 Å². The van der Waals surface area contributed by atoms with E-state index >= 15 is 0 Å². The molecule has 1 aliphatic carbocycles. The Bertz CT molecular complexity index is 736. The number of carbonyl (C=O) groups is 1. The predicted molar refractivity (Wildman–Crippen MR) is 74.0 cm³/mol. The van der Waals surface area contributed by atoms with Crippen molar-refractivity contribution in [2.24, 2.45) is 5.41 Å². The summed E-state index contributed by atoms with van der Waals surface area (Å²) in [5, 5.41) is 4.31. The van der Waals surface area contributed by atoms with Gasteiger partial charge in [-0.1, -0.05) is 18.2 Å². The monoisotopic (exact) mass is 266 g/mol. The SMILES string of the molecule is CC1(C)Cc2c(cnn2-c2ccccc2)C(=O)C1=[N+]=[N-]. The standard InChI is InChI=1S/C15H14N4O/c1-15(2)8-12-11(13(20)14(15)18-16)9-17-19(12)10-6-4-3-5-7-10/h3-7,9H,8H2,1-2H3. The number of fused-ring (bicyclic) bond motifs is 1. The van der Waals surface area contributed by atoms with Gasteiger partial charge < -0.3 is 5.53 Å². The molecule has 0 bridgehead atoms. The van der Waals surface area contributed by atoms with E-state index in [2.05, 4.69) is 9.89 Å². The quantitative estimate of drug-likeness (QED) is 0.587. The first kappa shape index (κ1) is 12.5. The molecule has 1 aromatic carbocycles. The molecule has 20 heavy (non-hydrogen) atoms. The minimum atomic E-state index is -0.509. The van der Waals surface area contributed by atoms with E-state index in [-0.39, 0.29) is 11.5 Å². The maximum Gasteiger partial charge on any atom is 0.345 e. The van der Waals surface area contributed by atoms with Crippen LogP contribution in [0.15, 0.2) is 36.5 Å². The molecule has 0 radical (unpaired) electrons. The summed E-state index contributed by atoms with van der Waals surface area (Å²) in [5.74, 6) is -0.249. The maximum atomic E-state index is 12.4. The zero-order chi connectivity index (χ0) is 14.3. The van der Waals surface area contributed by atoms with E-state index < -0.39 is 5.41 Å². The largest absolute Gasteiger partial charge is 0.361 e. The lowest BCUT2D eigenvalue weighted by molar-refractivity contribution is -0.0196. The number of hydrogen-bond donors (Lipinski definition) is 0. The van der Waals surface area contributed by atoms with Crippen LogP contribution in [-0.4, -0.2) is 26.1 Å². The summed E-state index contributed by atoms with van der Waals surface area (Å²) in [7, 11) is 0. The Labute approximate surface area is 116 Å². The van der Waals surface area contributed by atoms with Crippen LogP contribution < -0.4 is 0 Å². The van der Waals surface area contributed by atoms with E-state index in [9.17, 15) is 4.79 Å². The van der Waals surface area contributed by atoms with Gasteiger partial charge in [0.15, 0.2) is 0 Å². The van der Waals surface area contributed by atoms with Crippen molar-refractivity contribution < 1.29 is 9.58 Å². The molecule has 1 aromatic heterocycles. The van der Waals surface area contributed by atoms with Gasteiger partial charge in [-0.15, -0.1) is 0 Å². The molecule has 5 heteroatoms. The number of nitrogens with zero attached hydrogens (tertiary/aromatic N) is 4. The molecule has 3 rings (SSSR count). The fourth-order valence-corrected chi connectivity index (χ4v) is 2.64. The summed E-state index contributed by atoms with van der Waals surface area (Å²) >= 11 is 0. The first-order valence-corrected chi connectivity index (χ1v) is 6.44. The Morgan fingerprint density at radius 2 is 2.00 bits per heavy atom. The van der Waals surface area contributed by atoms with Gasteiger partial charge in [0.05, 0.1) is 28.6 Å². The molecule has 100 valence electrons. The van der Waals surface area contributed by atoms with E-state index in [1.807, 2.05) is 44.2 Å². The third-order valence-electron chi connectivity index (χ3n) is 3.68. The van der Waals surface area contributed by atoms with Crippen molar-refractivity contribution in [1.82, 2.24) is 9.78 Å². The van der Waals surface area contributed by atoms with Gasteiger partial charge in [-0.05, 0) is 26.0 Å². The number of benzene rings is 1. The maximum absolute atomic E-state index is 12.4. The fraction of sp³-hybridized carbons (Fsp3) is 0.267. The third-order valence-corrected chi connectivity index (χ3v) is 3.68. The number of rotatable bonds is 1. The predicted octanol–water partition coefficient (Wildman–Crippen LogP) is 2.31. The zero-order valence-corrected chi connectivity index (χ0v) is 11.4. The summed E-state index contributed by atoms with van der Waals surface area (Å²) in [6.45, 7) is 3.79. The Hall–Kier alpha value is -2.52. The number of Topliss-reactive ketones (excluding diaryl/α,β-unsaturated/α-hetero) is 1. The van der Waals surface area contributed by atoms with Crippen LogP contribution in [0.2, 0.25) is 0 Å². The third kappa shape index (κ3) is 1.72. The lowest BCUT2D eigenvalue weighted by Crippen LogP contribution is -2.39. The van der Waals surface area contributed by atoms with E-state index in [1.165, 1.54) is 0 Å². The van der Waals surface area contributed by atoms with Crippen LogP contribution in [0.25, 0.3) is 11.2 Å². The molecule has 2 aromatic rings. The first-order valence-electron chi connectivity index (χ1n) is 6.44. The van der Waals surface area contributed by atoms with Crippen LogP contribution >= 0.6 is 0 Å². The van der Waals surface area contributed by atoms with Gasteiger partial charge >= 0.3 is 5.71 Å². The number of ketones is 1. The van der Waals surface area contributed by atoms with Gasteiger partial charge in [0, 0.05) is 6.42 Å². The van der Waals surface area contributed by atoms with Crippen molar-refractivity contribution in [2.75, 3.05) is 0 Å². The number of hydrogen-bond acceptors (Lipinski definition) is 2. The Morgan fingerprint density at radius 3 is 2.65 bits per heavy atom. The van der Waals surface area contributed by atoms with Gasteiger partial charge in [0.25, 0.3) is 5.78 Å². The highest BCUT2D eigenvalue weighted by atomic mass is 16.1. The second kappa shape index (κ2) is 4.25. The molecular formula is C15H14N4O. The highest BCUT2D eigenvalue weighted by Gasteiger charge is 2.46. The molecule has 5 nitrogen and oxygen atoms in total. The lowest BCUT2D eigenvalue weighted by atomic mass is 9.74. The topological polar surface area (TPSA) is 71.3 Å². The van der Waals surface area contributed by atoms with Crippen LogP contribution in [0.3, 0.4) is 0 Å². The van der Waals surface area contributed by atoms with Crippen LogP contribution in [0, 0.1) is 5.41 Å². The van der Waals surface area contributed by atoms with Crippen LogP contribution in [0.1, 0.15) is 29.9 Å². The van der Waals surface area contributed by atoms with Crippen LogP contribution in [0.5, 0.6) is 0 Å². The molecule has 0 spiro atoms. The molecule has 0 fully saturated rings. The summed E-state index contributed by atoms with van der Waals surface area (Å²) < 4.78 is 1.78. The van der Waals surface area contributed by atoms with E-state index in [0.717, 1.165) is 11.4 Å². The van der Waals surface area contributed by atoms with Gasteiger partial charge in [-0.25, -0.2) is 4.68 Å². The van der Waals surface area contributed by atoms with Gasteiger partial charge in [-0.3, -0.25) is 4.79 Å². The fourth-order valence-electron chi connectivity index (χ4n) is 2.64. The molecule has 0 unspecified atom stereocenters. The van der Waals surface area contributed by atoms with Crippen molar-refractivity contribution in [2.45, 2.75) is 20.3 Å². The Balaban J connectivity index is 2.20. The smallest absolute Gasteiger partial charge is 0.345 e. The van der Waals surface area contributed by atoms with Crippen molar-refractivity contribution in [1.29, 1.82) is 0 Å². The molecule has 0 aliphatic heterocycles. The second-order valence-electron chi connectivity index (χ2n) is 5.59. The Kier molecular flexibility index (Phi) is 2.66. The molecular weight excluding hydrogens is 252 g/mol. The lowest BCUT2D eigenvalue weighted by Gasteiger charge is -2.24. The number of para-hydroxylation sites is 1. The average molecular weight is 266 g/mol. The minimum Gasteiger partial charge on any atom is -0.361 e. The first-order chi connectivity index (χ1) is 9.54. The van der Waals surface area contributed by atoms with Gasteiger partial charge in [0.1, 0.15) is 0 Å². The number of aromatic nitrogens is 2. The van der Waals surface area contributed by atoms with Crippen molar-refractivity contribution in [3.8, 4) is 5.69 Å². The van der Waals surface area contributed by atoms with Crippen LogP contribution in [-0.2, 0) is 6.42 Å². The van der Waals surface area contributed by atoms with E-state index in [1.54, 1.807) is 10.9 Å². The minimum absolute atomic E-state index is 0.192. The molecule has 0 N–H and O–H groups in total. The summed E-state index contributed by atoms with van der Waals surface area (Å²) in [4.78, 5) is 15.6. The zero-order valence-electron chi connectivity index (χ0n) is 11.4. The Morgan fingerprint density at radius 1 is 1.30 bits per heavy atom. The van der Waals surface area contributed by atoms with Crippen molar-refractivity contribution >= 4 is 11.5 Å². The summed E-state index contributed by atoms with van der Waals surface area (Å²) in [6, 6.07) is 9.69. The van der Waals surface area contributed by atoms with E-state index in [4.69, 9.17) is 5.53 Å². The van der Waals surface area contributed by atoms with Crippen LogP contribution in [0.4, 0.5) is 0 Å². The number of carbonyl (C=O) groups excluding carboxylic acids is 1. The van der Waals surface area contributed by atoms with Gasteiger partial charge in [0.2, 0.25) is 0 Å². The molecule has 0 saturated carbocycles. The second-order valence-corrected chi connectivity index (χ2v) is 5.59. The molecule has 0 amide bonds. The molecule has 0 saturated heterocycles. The highest BCUT2D eigenvalue weighted by Crippen LogP contribution is 2.33. The molecule has 0 atom stereocenters. The normalized spacial score (nSPS) is 16.7. The van der Waals surface area contributed by atoms with Gasteiger partial charge in [-0.2, -0.15) is 9.89 Å². The average Bonchev–Trinajstić information content (AvgIpc) is 2.82. The summed E-state index contributed by atoms with van der Waals surface area (Å²) in [6.07, 6.45) is 2.15. The molecule has 1 heterocycles. The molecule has 1 aliphatic rings. The highest BCUT2D eigenvalue weighted by molar-refractivity contribution is 6.46. The summed E-state index contributed by atoms with van der Waals surface area (Å²) in [5.41, 5.74) is 11.1.